The Morgan fingerprint density at radius 3 is 2.59 bits per heavy atom. The molecular weight excluding hydrogens is 470 g/mol. The van der Waals surface area contributed by atoms with Crippen molar-refractivity contribution in [3.63, 3.8) is 0 Å². The molecule has 0 bridgehead atoms. The first-order valence-electron chi connectivity index (χ1n) is 11.8. The number of ether oxygens (including phenoxy) is 1. The van der Waals surface area contributed by atoms with Crippen molar-refractivity contribution in [2.75, 3.05) is 11.9 Å². The Balaban J connectivity index is 1.57. The third-order valence-corrected chi connectivity index (χ3v) is 6.23. The topological polar surface area (TPSA) is 79.5 Å². The Morgan fingerprint density at radius 1 is 1.09 bits per heavy atom. The molecule has 2 aromatic carbocycles. The maximum atomic E-state index is 12.7. The molecule has 0 atom stereocenters. The van der Waals surface area contributed by atoms with Gasteiger partial charge in [-0.3, -0.25) is 14.9 Å². The fraction of sp³-hybridized carbons (Fsp3) is 0.423. The van der Waals surface area contributed by atoms with E-state index >= 15 is 0 Å². The molecular formula is C26H32ClN3O3S. The fourth-order valence-corrected chi connectivity index (χ4v) is 4.18. The van der Waals surface area contributed by atoms with Crippen LogP contribution in [0.1, 0.15) is 73.1 Å². The lowest BCUT2D eigenvalue weighted by Crippen LogP contribution is -2.36. The Kier molecular flexibility index (Phi) is 9.72. The molecule has 3 N–H and O–H groups in total. The number of nitrogens with one attached hydrogen (secondary N) is 3. The quantitative estimate of drug-likeness (QED) is 0.389. The summed E-state index contributed by atoms with van der Waals surface area (Å²) in [6.45, 7) is 4.86. The Hall–Kier alpha value is -2.64. The molecule has 3 rings (SSSR count). The summed E-state index contributed by atoms with van der Waals surface area (Å²) in [5.41, 5.74) is 1.38. The second kappa shape index (κ2) is 12.7. The maximum Gasteiger partial charge on any atom is 0.257 e. The van der Waals surface area contributed by atoms with Crippen LogP contribution in [-0.4, -0.2) is 29.6 Å². The van der Waals surface area contributed by atoms with Crippen LogP contribution in [0, 0.1) is 5.92 Å². The van der Waals surface area contributed by atoms with Crippen LogP contribution in [0.5, 0.6) is 5.75 Å². The zero-order valence-corrected chi connectivity index (χ0v) is 21.2. The second-order valence-corrected chi connectivity index (χ2v) is 9.79. The third kappa shape index (κ3) is 7.99. The van der Waals surface area contributed by atoms with Crippen LogP contribution < -0.4 is 20.7 Å². The van der Waals surface area contributed by atoms with E-state index in [1.54, 1.807) is 36.4 Å². The van der Waals surface area contributed by atoms with E-state index in [4.69, 9.17) is 28.6 Å². The number of hydrogen-bond donors (Lipinski definition) is 3. The minimum atomic E-state index is -0.351. The van der Waals surface area contributed by atoms with Gasteiger partial charge in [-0.15, -0.1) is 0 Å². The monoisotopic (exact) mass is 501 g/mol. The average Bonchev–Trinajstić information content (AvgIpc) is 2.81. The normalized spacial score (nSPS) is 13.9. The molecule has 0 unspecified atom stereocenters. The number of halogens is 1. The molecule has 1 fully saturated rings. The SMILES string of the molecule is CC(C)CCOc1cccc(C(=O)NC(=S)Nc2ccc(Cl)c(C(=O)NC3CCCCC3)c2)c1. The molecule has 0 spiro atoms. The highest BCUT2D eigenvalue weighted by molar-refractivity contribution is 7.80. The van der Waals surface area contributed by atoms with Gasteiger partial charge >= 0.3 is 0 Å². The van der Waals surface area contributed by atoms with E-state index < -0.39 is 0 Å². The molecule has 0 saturated heterocycles. The summed E-state index contributed by atoms with van der Waals surface area (Å²) >= 11 is 11.6. The molecule has 8 heteroatoms. The van der Waals surface area contributed by atoms with Crippen LogP contribution in [0.3, 0.4) is 0 Å². The number of thiocarbonyl (C=S) groups is 1. The van der Waals surface area contributed by atoms with E-state index in [2.05, 4.69) is 29.8 Å². The summed E-state index contributed by atoms with van der Waals surface area (Å²) in [7, 11) is 0. The van der Waals surface area contributed by atoms with Gasteiger partial charge in [-0.2, -0.15) is 0 Å². The second-order valence-electron chi connectivity index (χ2n) is 8.97. The largest absolute Gasteiger partial charge is 0.494 e. The van der Waals surface area contributed by atoms with Gasteiger partial charge in [0.2, 0.25) is 0 Å². The molecule has 0 aromatic heterocycles. The van der Waals surface area contributed by atoms with Crippen LogP contribution in [0.4, 0.5) is 5.69 Å². The van der Waals surface area contributed by atoms with Crippen LogP contribution in [0.2, 0.25) is 5.02 Å². The molecule has 182 valence electrons. The van der Waals surface area contributed by atoms with Crippen LogP contribution in [0.15, 0.2) is 42.5 Å². The Bertz CT molecular complexity index is 1020. The molecule has 1 aliphatic rings. The molecule has 2 aromatic rings. The van der Waals surface area contributed by atoms with Gasteiger partial charge in [0.1, 0.15) is 5.75 Å². The molecule has 1 saturated carbocycles. The highest BCUT2D eigenvalue weighted by atomic mass is 35.5. The van der Waals surface area contributed by atoms with Crippen molar-refractivity contribution in [2.45, 2.75) is 58.4 Å². The van der Waals surface area contributed by atoms with Crippen molar-refractivity contribution in [1.82, 2.24) is 10.6 Å². The van der Waals surface area contributed by atoms with Gasteiger partial charge in [-0.1, -0.05) is 50.8 Å². The lowest BCUT2D eigenvalue weighted by atomic mass is 9.95. The number of rotatable bonds is 8. The van der Waals surface area contributed by atoms with Crippen molar-refractivity contribution in [2.24, 2.45) is 5.92 Å². The van der Waals surface area contributed by atoms with Gasteiger partial charge in [-0.25, -0.2) is 0 Å². The lowest BCUT2D eigenvalue weighted by Gasteiger charge is -2.23. The first-order valence-corrected chi connectivity index (χ1v) is 12.6. The first-order chi connectivity index (χ1) is 16.3. The van der Waals surface area contributed by atoms with E-state index in [9.17, 15) is 9.59 Å². The van der Waals surface area contributed by atoms with Crippen molar-refractivity contribution in [3.05, 3.63) is 58.6 Å². The molecule has 0 aliphatic heterocycles. The predicted octanol–water partition coefficient (Wildman–Crippen LogP) is 5.95. The maximum absolute atomic E-state index is 12.7. The summed E-state index contributed by atoms with van der Waals surface area (Å²) in [5.74, 6) is 0.626. The van der Waals surface area contributed by atoms with Crippen molar-refractivity contribution in [3.8, 4) is 5.75 Å². The standard InChI is InChI=1S/C26H32ClN3O3S/c1-17(2)13-14-33-21-10-6-7-18(15-21)24(31)30-26(34)29-20-11-12-23(27)22(16-20)25(32)28-19-8-4-3-5-9-19/h6-7,10-12,15-17,19H,3-5,8-9,13-14H2,1-2H3,(H,28,32)(H2,29,30,31,34). The minimum Gasteiger partial charge on any atom is -0.494 e. The fourth-order valence-electron chi connectivity index (χ4n) is 3.76. The summed E-state index contributed by atoms with van der Waals surface area (Å²) in [6.07, 6.45) is 6.38. The number of carbonyl (C=O) groups is 2. The lowest BCUT2D eigenvalue weighted by molar-refractivity contribution is 0.0926. The van der Waals surface area contributed by atoms with E-state index in [-0.39, 0.29) is 23.0 Å². The summed E-state index contributed by atoms with van der Waals surface area (Å²) in [4.78, 5) is 25.4. The summed E-state index contributed by atoms with van der Waals surface area (Å²) in [6, 6.07) is 12.1. The number of carbonyl (C=O) groups excluding carboxylic acids is 2. The van der Waals surface area contributed by atoms with Gasteiger partial charge in [0, 0.05) is 17.3 Å². The molecule has 2 amide bonds. The summed E-state index contributed by atoms with van der Waals surface area (Å²) in [5, 5.41) is 9.18. The van der Waals surface area contributed by atoms with E-state index in [0.29, 0.717) is 40.1 Å². The van der Waals surface area contributed by atoms with E-state index in [1.807, 2.05) is 6.07 Å². The van der Waals surface area contributed by atoms with Gasteiger partial charge in [-0.05, 0) is 73.8 Å². The van der Waals surface area contributed by atoms with Gasteiger partial charge < -0.3 is 15.4 Å². The molecule has 0 heterocycles. The van der Waals surface area contributed by atoms with Gasteiger partial charge in [0.15, 0.2) is 5.11 Å². The van der Waals surface area contributed by atoms with Crippen LogP contribution in [0.25, 0.3) is 0 Å². The van der Waals surface area contributed by atoms with Crippen molar-refractivity contribution >= 4 is 46.4 Å². The summed E-state index contributed by atoms with van der Waals surface area (Å²) < 4.78 is 5.73. The molecule has 34 heavy (non-hydrogen) atoms. The van der Waals surface area contributed by atoms with E-state index in [0.717, 1.165) is 32.1 Å². The van der Waals surface area contributed by atoms with Crippen LogP contribution >= 0.6 is 23.8 Å². The van der Waals surface area contributed by atoms with Gasteiger partial charge in [0.05, 0.1) is 17.2 Å². The smallest absolute Gasteiger partial charge is 0.257 e. The first kappa shape index (κ1) is 26.0. The molecule has 6 nitrogen and oxygen atoms in total. The number of benzene rings is 2. The number of amides is 2. The predicted molar refractivity (Wildman–Crippen MR) is 141 cm³/mol. The van der Waals surface area contributed by atoms with E-state index in [1.165, 1.54) is 6.42 Å². The minimum absolute atomic E-state index is 0.122. The average molecular weight is 502 g/mol. The number of hydrogen-bond acceptors (Lipinski definition) is 4. The molecule has 0 radical (unpaired) electrons. The highest BCUT2D eigenvalue weighted by Gasteiger charge is 2.19. The zero-order valence-electron chi connectivity index (χ0n) is 19.7. The van der Waals surface area contributed by atoms with Crippen molar-refractivity contribution in [1.29, 1.82) is 0 Å². The molecule has 1 aliphatic carbocycles. The Morgan fingerprint density at radius 2 is 1.85 bits per heavy atom. The zero-order chi connectivity index (χ0) is 24.5. The third-order valence-electron chi connectivity index (χ3n) is 5.70. The van der Waals surface area contributed by atoms with Gasteiger partial charge in [0.25, 0.3) is 11.8 Å². The van der Waals surface area contributed by atoms with Crippen molar-refractivity contribution < 1.29 is 14.3 Å². The highest BCUT2D eigenvalue weighted by Crippen LogP contribution is 2.23. The van der Waals surface area contributed by atoms with Crippen LogP contribution in [-0.2, 0) is 0 Å². The number of anilines is 1. The Labute approximate surface area is 211 Å².